The quantitative estimate of drug-likeness (QED) is 0.328. The maximum Gasteiger partial charge on any atom is 0.0848 e. The Morgan fingerprint density at radius 2 is 1.23 bits per heavy atom. The lowest BCUT2D eigenvalue weighted by atomic mass is 10.0. The van der Waals surface area contributed by atoms with Crippen LogP contribution < -0.4 is 0 Å². The van der Waals surface area contributed by atoms with E-state index in [0.29, 0.717) is 0 Å². The van der Waals surface area contributed by atoms with Gasteiger partial charge in [0.1, 0.15) is 0 Å². The van der Waals surface area contributed by atoms with E-state index in [1.807, 2.05) is 0 Å². The highest BCUT2D eigenvalue weighted by Crippen LogP contribution is 2.23. The Morgan fingerprint density at radius 1 is 0.710 bits per heavy atom. The van der Waals surface area contributed by atoms with E-state index in [2.05, 4.69) is 90.1 Å². The molecule has 2 rings (SSSR count). The number of hydrogen-bond acceptors (Lipinski definition) is 2. The summed E-state index contributed by atoms with van der Waals surface area (Å²) in [6.07, 6.45) is 11.6. The number of hydrogen-bond donors (Lipinski definition) is 0. The molecule has 166 valence electrons. The predicted molar refractivity (Wildman–Crippen MR) is 139 cm³/mol. The fraction of sp³-hybridized carbons (Fsp3) is 0.448. The summed E-state index contributed by atoms with van der Waals surface area (Å²) in [6.45, 7) is 13.1. The van der Waals surface area contributed by atoms with Crippen molar-refractivity contribution in [2.45, 2.75) is 86.5 Å². The number of nitrogens with zero attached hydrogens (tertiary/aromatic N) is 2. The van der Waals surface area contributed by atoms with Gasteiger partial charge in [0.2, 0.25) is 0 Å². The summed E-state index contributed by atoms with van der Waals surface area (Å²) >= 11 is 0. The fourth-order valence-corrected chi connectivity index (χ4v) is 3.95. The van der Waals surface area contributed by atoms with Crippen LogP contribution in [0.3, 0.4) is 0 Å². The van der Waals surface area contributed by atoms with Crippen molar-refractivity contribution in [1.82, 2.24) is 0 Å². The molecule has 0 saturated heterocycles. The highest BCUT2D eigenvalue weighted by atomic mass is 14.8. The normalized spacial score (nSPS) is 12.7. The number of unbranched alkanes of at least 4 members (excludes halogenated alkanes) is 1. The molecular weight excluding hydrogens is 376 g/mol. The lowest BCUT2D eigenvalue weighted by molar-refractivity contribution is 0.838. The first-order valence-corrected chi connectivity index (χ1v) is 12.1. The summed E-state index contributed by atoms with van der Waals surface area (Å²) in [5.41, 5.74) is 9.71. The molecule has 0 saturated carbocycles. The Bertz CT molecular complexity index is 932. The van der Waals surface area contributed by atoms with Gasteiger partial charge in [-0.05, 0) is 98.0 Å². The van der Waals surface area contributed by atoms with Crippen molar-refractivity contribution in [3.05, 3.63) is 70.8 Å². The van der Waals surface area contributed by atoms with Crippen molar-refractivity contribution < 1.29 is 0 Å². The van der Waals surface area contributed by atoms with Crippen molar-refractivity contribution >= 4 is 22.8 Å². The van der Waals surface area contributed by atoms with Crippen molar-refractivity contribution in [1.29, 1.82) is 0 Å². The monoisotopic (exact) mass is 416 g/mol. The maximum atomic E-state index is 5.11. The van der Waals surface area contributed by atoms with Gasteiger partial charge in [0.15, 0.2) is 0 Å². The molecule has 2 aromatic carbocycles. The second kappa shape index (κ2) is 13.0. The van der Waals surface area contributed by atoms with E-state index in [1.165, 1.54) is 22.3 Å². The molecule has 0 radical (unpaired) electrons. The highest BCUT2D eigenvalue weighted by Gasteiger charge is 2.09. The number of aliphatic imine (C=N–C) groups is 2. The topological polar surface area (TPSA) is 24.7 Å². The molecule has 0 aliphatic heterocycles. The summed E-state index contributed by atoms with van der Waals surface area (Å²) in [6, 6.07) is 13.3. The van der Waals surface area contributed by atoms with Gasteiger partial charge in [0.25, 0.3) is 0 Å². The van der Waals surface area contributed by atoms with E-state index in [-0.39, 0.29) is 0 Å². The van der Waals surface area contributed by atoms with E-state index < -0.39 is 0 Å². The zero-order valence-corrected chi connectivity index (χ0v) is 20.5. The zero-order valence-electron chi connectivity index (χ0n) is 20.5. The molecule has 0 atom stereocenters. The minimum Gasteiger partial charge on any atom is -0.251 e. The molecule has 0 bridgehead atoms. The fourth-order valence-electron chi connectivity index (χ4n) is 3.95. The van der Waals surface area contributed by atoms with E-state index in [9.17, 15) is 0 Å². The largest absolute Gasteiger partial charge is 0.251 e. The van der Waals surface area contributed by atoms with Crippen molar-refractivity contribution in [3.8, 4) is 0 Å². The number of aryl methyl sites for hydroxylation is 4. The molecule has 0 aliphatic carbocycles. The first-order valence-electron chi connectivity index (χ1n) is 12.1. The molecule has 0 aliphatic rings. The van der Waals surface area contributed by atoms with Gasteiger partial charge in [-0.15, -0.1) is 0 Å². The maximum absolute atomic E-state index is 5.11. The molecule has 2 heteroatoms. The SMILES string of the molecule is CC=CC(=Nc1ccc(CC)c(CC)c1)C(CCCC)=Nc1ccc(CC)c(CC)c1. The van der Waals surface area contributed by atoms with Crippen LogP contribution in [0.1, 0.15) is 83.1 Å². The third kappa shape index (κ3) is 7.02. The van der Waals surface area contributed by atoms with Gasteiger partial charge in [-0.3, -0.25) is 4.99 Å². The Morgan fingerprint density at radius 3 is 1.68 bits per heavy atom. The standard InChI is InChI=1S/C29H40N2/c1-7-13-15-29(31-27-19-17-23(10-4)25(12-6)21-27)28(14-8-2)30-26-18-16-22(9-3)24(11-5)20-26/h8,14,16-21H,7,9-13,15H2,1-6H3. The predicted octanol–water partition coefficient (Wildman–Crippen LogP) is 8.55. The average molecular weight is 417 g/mol. The summed E-state index contributed by atoms with van der Waals surface area (Å²) in [5, 5.41) is 0. The van der Waals surface area contributed by atoms with Crippen LogP contribution in [0.4, 0.5) is 11.4 Å². The smallest absolute Gasteiger partial charge is 0.0848 e. The molecule has 2 aromatic rings. The molecule has 0 fully saturated rings. The first-order chi connectivity index (χ1) is 15.1. The third-order valence-corrected chi connectivity index (χ3v) is 5.80. The van der Waals surface area contributed by atoms with Crippen LogP contribution in [-0.4, -0.2) is 11.4 Å². The van der Waals surface area contributed by atoms with Crippen LogP contribution in [0.5, 0.6) is 0 Å². The summed E-state index contributed by atoms with van der Waals surface area (Å²) < 4.78 is 0. The number of allylic oxidation sites excluding steroid dienone is 2. The molecule has 0 amide bonds. The van der Waals surface area contributed by atoms with Crippen LogP contribution >= 0.6 is 0 Å². The van der Waals surface area contributed by atoms with Gasteiger partial charge in [-0.25, -0.2) is 4.99 Å². The van der Waals surface area contributed by atoms with Gasteiger partial charge >= 0.3 is 0 Å². The van der Waals surface area contributed by atoms with E-state index >= 15 is 0 Å². The van der Waals surface area contributed by atoms with Gasteiger partial charge in [0.05, 0.1) is 22.8 Å². The van der Waals surface area contributed by atoms with E-state index in [4.69, 9.17) is 9.98 Å². The Kier molecular flexibility index (Phi) is 10.4. The Balaban J connectivity index is 2.54. The summed E-state index contributed by atoms with van der Waals surface area (Å²) in [5.74, 6) is 0. The van der Waals surface area contributed by atoms with Crippen molar-refractivity contribution in [2.24, 2.45) is 9.98 Å². The lowest BCUT2D eigenvalue weighted by Gasteiger charge is -2.11. The summed E-state index contributed by atoms with van der Waals surface area (Å²) in [4.78, 5) is 10.2. The van der Waals surface area contributed by atoms with Gasteiger partial charge < -0.3 is 0 Å². The molecule has 0 heterocycles. The van der Waals surface area contributed by atoms with Crippen LogP contribution in [0.15, 0.2) is 58.5 Å². The Labute approximate surface area is 190 Å². The minimum absolute atomic E-state index is 0.935. The van der Waals surface area contributed by atoms with Crippen molar-refractivity contribution in [3.63, 3.8) is 0 Å². The average Bonchev–Trinajstić information content (AvgIpc) is 2.81. The molecule has 0 aromatic heterocycles. The van der Waals surface area contributed by atoms with E-state index in [1.54, 1.807) is 0 Å². The van der Waals surface area contributed by atoms with Crippen LogP contribution in [-0.2, 0) is 25.7 Å². The zero-order chi connectivity index (χ0) is 22.6. The molecule has 0 unspecified atom stereocenters. The van der Waals surface area contributed by atoms with Crippen LogP contribution in [0.2, 0.25) is 0 Å². The van der Waals surface area contributed by atoms with Gasteiger partial charge in [0, 0.05) is 0 Å². The first kappa shape index (κ1) is 24.8. The molecule has 31 heavy (non-hydrogen) atoms. The molecule has 0 N–H and O–H groups in total. The molecule has 2 nitrogen and oxygen atoms in total. The minimum atomic E-state index is 0.935. The molecular formula is C29H40N2. The van der Waals surface area contributed by atoms with Crippen molar-refractivity contribution in [2.75, 3.05) is 0 Å². The van der Waals surface area contributed by atoms with Crippen LogP contribution in [0.25, 0.3) is 0 Å². The second-order valence-corrected chi connectivity index (χ2v) is 7.98. The van der Waals surface area contributed by atoms with Gasteiger partial charge in [-0.2, -0.15) is 0 Å². The van der Waals surface area contributed by atoms with Crippen LogP contribution in [0, 0.1) is 0 Å². The molecule has 0 spiro atoms. The lowest BCUT2D eigenvalue weighted by Crippen LogP contribution is -2.11. The summed E-state index contributed by atoms with van der Waals surface area (Å²) in [7, 11) is 0. The second-order valence-electron chi connectivity index (χ2n) is 7.98. The number of rotatable bonds is 11. The number of benzene rings is 2. The third-order valence-electron chi connectivity index (χ3n) is 5.80. The highest BCUT2D eigenvalue weighted by molar-refractivity contribution is 6.47. The van der Waals surface area contributed by atoms with E-state index in [0.717, 1.165) is 67.7 Å². The van der Waals surface area contributed by atoms with Gasteiger partial charge in [-0.1, -0.05) is 59.2 Å². The Hall–Kier alpha value is -2.48.